The number of hydrogen-bond acceptors (Lipinski definition) is 5. The molecule has 2 aromatic rings. The Labute approximate surface area is 166 Å². The van der Waals surface area contributed by atoms with Gasteiger partial charge in [-0.2, -0.15) is 4.99 Å². The molecule has 6 nitrogen and oxygen atoms in total. The van der Waals surface area contributed by atoms with Crippen molar-refractivity contribution < 1.29 is 19.1 Å². The molecule has 0 aliphatic carbocycles. The van der Waals surface area contributed by atoms with Crippen LogP contribution in [-0.2, 0) is 11.3 Å². The summed E-state index contributed by atoms with van der Waals surface area (Å²) in [6.45, 7) is 4.68. The lowest BCUT2D eigenvalue weighted by Gasteiger charge is -2.12. The highest BCUT2D eigenvalue weighted by Gasteiger charge is 2.21. The highest BCUT2D eigenvalue weighted by atomic mass is 35.5. The first-order chi connectivity index (χ1) is 12.9. The molecule has 1 fully saturated rings. The fourth-order valence-electron chi connectivity index (χ4n) is 3.10. The minimum absolute atomic E-state index is 0.0483. The largest absolute Gasteiger partial charge is 0.496 e. The molecule has 0 spiro atoms. The lowest BCUT2D eigenvalue weighted by atomic mass is 10.2. The third-order valence-electron chi connectivity index (χ3n) is 4.48. The van der Waals surface area contributed by atoms with Gasteiger partial charge in [-0.1, -0.05) is 22.9 Å². The second kappa shape index (κ2) is 8.37. The Morgan fingerprint density at radius 3 is 2.85 bits per heavy atom. The minimum Gasteiger partial charge on any atom is -0.496 e. The van der Waals surface area contributed by atoms with Crippen LogP contribution < -0.4 is 9.54 Å². The van der Waals surface area contributed by atoms with Crippen molar-refractivity contribution in [2.75, 3.05) is 13.7 Å². The number of hydrogen-bond donors (Lipinski definition) is 0. The number of ketones is 1. The van der Waals surface area contributed by atoms with Gasteiger partial charge in [0.05, 0.1) is 30.2 Å². The van der Waals surface area contributed by atoms with Crippen molar-refractivity contribution in [3.63, 3.8) is 0 Å². The van der Waals surface area contributed by atoms with Gasteiger partial charge in [0, 0.05) is 24.2 Å². The van der Waals surface area contributed by atoms with Crippen LogP contribution in [0.25, 0.3) is 0 Å². The lowest BCUT2D eigenvalue weighted by molar-refractivity contribution is 0.0942. The standard InChI is InChI=1S/C19H21ClN2O4S/c1-11-17(12(2)23)27-19(22(11)10-14-5-4-8-26-14)21-18(24)15-9-13(20)6-7-16(15)25-3/h6-7,9,14H,4-5,8,10H2,1-3H3/b21-19-/t14-/m1/s1. The Balaban J connectivity index is 2.06. The zero-order valence-electron chi connectivity index (χ0n) is 15.5. The molecule has 1 aromatic heterocycles. The summed E-state index contributed by atoms with van der Waals surface area (Å²) in [7, 11) is 1.49. The summed E-state index contributed by atoms with van der Waals surface area (Å²) in [6.07, 6.45) is 2.03. The van der Waals surface area contributed by atoms with Gasteiger partial charge in [0.1, 0.15) is 5.75 Å². The normalized spacial score (nSPS) is 17.3. The Bertz CT molecular complexity index is 942. The maximum absolute atomic E-state index is 12.8. The summed E-state index contributed by atoms with van der Waals surface area (Å²) in [6, 6.07) is 4.81. The number of nitrogens with zero attached hydrogens (tertiary/aromatic N) is 2. The van der Waals surface area contributed by atoms with Crippen LogP contribution in [0.3, 0.4) is 0 Å². The van der Waals surface area contributed by atoms with Crippen molar-refractivity contribution in [2.24, 2.45) is 4.99 Å². The van der Waals surface area contributed by atoms with Crippen molar-refractivity contribution in [3.8, 4) is 5.75 Å². The smallest absolute Gasteiger partial charge is 0.283 e. The summed E-state index contributed by atoms with van der Waals surface area (Å²) in [5.74, 6) is -0.112. The predicted molar refractivity (Wildman–Crippen MR) is 104 cm³/mol. The molecule has 3 rings (SSSR count). The molecule has 1 atom stereocenters. The Morgan fingerprint density at radius 1 is 1.44 bits per heavy atom. The molecule has 1 aromatic carbocycles. The minimum atomic E-state index is -0.466. The van der Waals surface area contributed by atoms with Gasteiger partial charge in [-0.05, 0) is 38.0 Å². The quantitative estimate of drug-likeness (QED) is 0.708. The van der Waals surface area contributed by atoms with E-state index in [1.807, 2.05) is 11.5 Å². The van der Waals surface area contributed by atoms with Crippen molar-refractivity contribution in [2.45, 2.75) is 39.3 Å². The maximum Gasteiger partial charge on any atom is 0.283 e. The van der Waals surface area contributed by atoms with Gasteiger partial charge in [0.2, 0.25) is 0 Å². The van der Waals surface area contributed by atoms with E-state index in [4.69, 9.17) is 21.1 Å². The van der Waals surface area contributed by atoms with E-state index in [9.17, 15) is 9.59 Å². The molecule has 0 saturated carbocycles. The maximum atomic E-state index is 12.8. The summed E-state index contributed by atoms with van der Waals surface area (Å²) in [5, 5.41) is 0.424. The molecular formula is C19H21ClN2O4S. The summed E-state index contributed by atoms with van der Waals surface area (Å²) in [4.78, 5) is 30.1. The Kier molecular flexibility index (Phi) is 6.14. The first-order valence-corrected chi connectivity index (χ1v) is 9.85. The first-order valence-electron chi connectivity index (χ1n) is 8.66. The lowest BCUT2D eigenvalue weighted by Crippen LogP contribution is -2.25. The molecule has 0 radical (unpaired) electrons. The molecule has 0 unspecified atom stereocenters. The van der Waals surface area contributed by atoms with Crippen molar-refractivity contribution in [1.82, 2.24) is 4.57 Å². The molecule has 27 heavy (non-hydrogen) atoms. The van der Waals surface area contributed by atoms with Crippen LogP contribution in [0.5, 0.6) is 5.75 Å². The predicted octanol–water partition coefficient (Wildman–Crippen LogP) is 3.64. The first kappa shape index (κ1) is 19.8. The van der Waals surface area contributed by atoms with Gasteiger partial charge in [0.15, 0.2) is 10.6 Å². The molecule has 1 saturated heterocycles. The summed E-state index contributed by atoms with van der Waals surface area (Å²) in [5.41, 5.74) is 1.08. The second-order valence-corrected chi connectivity index (χ2v) is 7.78. The topological polar surface area (TPSA) is 69.9 Å². The van der Waals surface area contributed by atoms with Crippen LogP contribution in [0.4, 0.5) is 0 Å². The van der Waals surface area contributed by atoms with E-state index in [1.165, 1.54) is 31.4 Å². The third-order valence-corrected chi connectivity index (χ3v) is 5.99. The van der Waals surface area contributed by atoms with E-state index in [0.717, 1.165) is 25.1 Å². The van der Waals surface area contributed by atoms with E-state index >= 15 is 0 Å². The van der Waals surface area contributed by atoms with E-state index in [2.05, 4.69) is 4.99 Å². The number of amides is 1. The number of methoxy groups -OCH3 is 1. The number of carbonyl (C=O) groups excluding carboxylic acids is 2. The van der Waals surface area contributed by atoms with E-state index in [0.29, 0.717) is 27.0 Å². The highest BCUT2D eigenvalue weighted by Crippen LogP contribution is 2.24. The molecular weight excluding hydrogens is 388 g/mol. The zero-order chi connectivity index (χ0) is 19.6. The van der Waals surface area contributed by atoms with Crippen LogP contribution in [0.2, 0.25) is 5.02 Å². The van der Waals surface area contributed by atoms with Crippen LogP contribution >= 0.6 is 22.9 Å². The average molecular weight is 409 g/mol. The monoisotopic (exact) mass is 408 g/mol. The Hall–Kier alpha value is -1.96. The number of rotatable bonds is 5. The number of Topliss-reactive ketones (excluding diaryl/α,β-unsaturated/α-hetero) is 1. The van der Waals surface area contributed by atoms with Crippen LogP contribution in [0.1, 0.15) is 45.5 Å². The van der Waals surface area contributed by atoms with Gasteiger partial charge in [-0.25, -0.2) is 0 Å². The molecule has 1 amide bonds. The number of ether oxygens (including phenoxy) is 2. The van der Waals surface area contributed by atoms with E-state index in [-0.39, 0.29) is 17.5 Å². The van der Waals surface area contributed by atoms with E-state index < -0.39 is 5.91 Å². The summed E-state index contributed by atoms with van der Waals surface area (Å²) < 4.78 is 12.9. The highest BCUT2D eigenvalue weighted by molar-refractivity contribution is 7.11. The van der Waals surface area contributed by atoms with Gasteiger partial charge in [0.25, 0.3) is 5.91 Å². The van der Waals surface area contributed by atoms with Gasteiger partial charge < -0.3 is 14.0 Å². The van der Waals surface area contributed by atoms with Crippen LogP contribution in [-0.4, -0.2) is 36.1 Å². The molecule has 1 aliphatic rings. The van der Waals surface area contributed by atoms with Crippen LogP contribution in [0.15, 0.2) is 23.2 Å². The molecule has 1 aliphatic heterocycles. The summed E-state index contributed by atoms with van der Waals surface area (Å²) >= 11 is 7.24. The Morgan fingerprint density at radius 2 is 2.22 bits per heavy atom. The SMILES string of the molecule is COc1ccc(Cl)cc1C(=O)/N=c1\sc(C(C)=O)c(C)n1C[C@H]1CCCO1. The molecule has 144 valence electrons. The molecule has 2 heterocycles. The number of aromatic nitrogens is 1. The molecule has 8 heteroatoms. The average Bonchev–Trinajstić information content (AvgIpc) is 3.25. The van der Waals surface area contributed by atoms with Crippen molar-refractivity contribution in [3.05, 3.63) is 44.2 Å². The van der Waals surface area contributed by atoms with Gasteiger partial charge in [-0.15, -0.1) is 0 Å². The fourth-order valence-corrected chi connectivity index (χ4v) is 4.30. The number of carbonyl (C=O) groups is 2. The fraction of sp³-hybridized carbons (Fsp3) is 0.421. The second-order valence-electron chi connectivity index (χ2n) is 6.36. The van der Waals surface area contributed by atoms with E-state index in [1.54, 1.807) is 12.1 Å². The zero-order valence-corrected chi connectivity index (χ0v) is 17.0. The number of benzene rings is 1. The molecule has 0 N–H and O–H groups in total. The number of thiazole rings is 1. The number of halogens is 1. The molecule has 0 bridgehead atoms. The third kappa shape index (κ3) is 4.31. The van der Waals surface area contributed by atoms with Crippen molar-refractivity contribution >= 4 is 34.6 Å². The van der Waals surface area contributed by atoms with Gasteiger partial charge >= 0.3 is 0 Å². The van der Waals surface area contributed by atoms with Crippen molar-refractivity contribution in [1.29, 1.82) is 0 Å². The van der Waals surface area contributed by atoms with Gasteiger partial charge in [-0.3, -0.25) is 9.59 Å². The van der Waals surface area contributed by atoms with Crippen LogP contribution in [0, 0.1) is 6.92 Å².